The Morgan fingerprint density at radius 3 is 1.13 bits per heavy atom. The number of ether oxygens (including phenoxy) is 2. The lowest BCUT2D eigenvalue weighted by Gasteiger charge is -2.20. The predicted molar refractivity (Wildman–Crippen MR) is 200 cm³/mol. The highest BCUT2D eigenvalue weighted by Gasteiger charge is 2.43. The van der Waals surface area contributed by atoms with Crippen LogP contribution in [0.25, 0.3) is 22.3 Å². The quantitative estimate of drug-likeness (QED) is 0.0953. The minimum atomic E-state index is -4.62. The first-order valence-electron chi connectivity index (χ1n) is 18.9. The van der Waals surface area contributed by atoms with Crippen molar-refractivity contribution < 1.29 is 70.9 Å². The summed E-state index contributed by atoms with van der Waals surface area (Å²) in [4.78, 5) is 0. The Kier molecular flexibility index (Phi) is 13.6. The highest BCUT2D eigenvalue weighted by atomic mass is 19.3. The molecule has 0 saturated heterocycles. The second-order valence-corrected chi connectivity index (χ2v) is 14.3. The lowest BCUT2D eigenvalue weighted by Crippen LogP contribution is -2.25. The SMILES string of the molecule is CCCc1ccc(-c2cc(F)c(C(F)(F)Oc3cc(F)c(F)c(F)c3)c(F)c2)cc1.Fc1cc(OC(F)(F)c2c(F)cc(-c3ccc(C4CCCC4)cc3)cc2F)cc(F)c1F. The number of halogens is 14. The highest BCUT2D eigenvalue weighted by molar-refractivity contribution is 5.66. The third-order valence-electron chi connectivity index (χ3n) is 9.97. The number of benzene rings is 6. The average molecular weight is 883 g/mol. The molecule has 0 N–H and O–H groups in total. The molecule has 1 fully saturated rings. The van der Waals surface area contributed by atoms with Gasteiger partial charge in [0.2, 0.25) is 0 Å². The Balaban J connectivity index is 0.000000207. The summed E-state index contributed by atoms with van der Waals surface area (Å²) in [6, 6.07) is 17.2. The number of hydrogen-bond donors (Lipinski definition) is 0. The molecule has 0 heterocycles. The fourth-order valence-corrected chi connectivity index (χ4v) is 6.98. The second kappa shape index (κ2) is 18.5. The smallest absolute Gasteiger partial charge is 0.429 e. The lowest BCUT2D eigenvalue weighted by atomic mass is 9.94. The molecule has 2 nitrogen and oxygen atoms in total. The summed E-state index contributed by atoms with van der Waals surface area (Å²) < 4.78 is 203. The molecule has 326 valence electrons. The molecule has 0 amide bonds. The number of hydrogen-bond acceptors (Lipinski definition) is 2. The van der Waals surface area contributed by atoms with Gasteiger partial charge in [0, 0.05) is 24.3 Å². The van der Waals surface area contributed by atoms with Crippen LogP contribution in [0.4, 0.5) is 61.5 Å². The molecule has 0 radical (unpaired) electrons. The van der Waals surface area contributed by atoms with Crippen molar-refractivity contribution in [2.24, 2.45) is 0 Å². The van der Waals surface area contributed by atoms with Gasteiger partial charge >= 0.3 is 12.2 Å². The van der Waals surface area contributed by atoms with Crippen LogP contribution in [0.2, 0.25) is 0 Å². The minimum absolute atomic E-state index is 0.0199. The molecular weight excluding hydrogens is 850 g/mol. The molecule has 0 bridgehead atoms. The molecule has 0 unspecified atom stereocenters. The van der Waals surface area contributed by atoms with Crippen molar-refractivity contribution >= 4 is 0 Å². The van der Waals surface area contributed by atoms with E-state index in [1.165, 1.54) is 0 Å². The summed E-state index contributed by atoms with van der Waals surface area (Å²) in [5, 5.41) is 0. The van der Waals surface area contributed by atoms with E-state index in [9.17, 15) is 61.5 Å². The molecule has 0 aliphatic heterocycles. The molecule has 0 spiro atoms. The largest absolute Gasteiger partial charge is 0.432 e. The van der Waals surface area contributed by atoms with Crippen LogP contribution in [0.1, 0.15) is 67.2 Å². The monoisotopic (exact) mass is 882 g/mol. The average Bonchev–Trinajstić information content (AvgIpc) is 3.74. The molecular formula is C46H32F14O2. The fraction of sp³-hybridized carbons (Fsp3) is 0.217. The standard InChI is InChI=1S/C24H17F7O.C22H15F7O/c25-18-9-16(15-7-5-14(6-8-15)13-3-1-2-4-13)10-19(26)22(18)24(30,31)32-17-11-20(27)23(29)21(28)12-17;1-2-3-12-4-6-13(7-5-12)14-8-16(23)20(17(24)9-14)22(28,29)30-15-10-18(25)21(27)19(26)11-15/h5-13H,1-4H2;4-11H,2-3H2,1H3. The first kappa shape index (κ1) is 45.5. The van der Waals surface area contributed by atoms with Crippen molar-refractivity contribution in [3.8, 4) is 33.8 Å². The summed E-state index contributed by atoms with van der Waals surface area (Å²) in [6.07, 6.45) is -3.05. The van der Waals surface area contributed by atoms with E-state index in [-0.39, 0.29) is 35.4 Å². The van der Waals surface area contributed by atoms with Crippen molar-refractivity contribution in [2.75, 3.05) is 0 Å². The summed E-state index contributed by atoms with van der Waals surface area (Å²) in [7, 11) is 0. The van der Waals surface area contributed by atoms with Crippen molar-refractivity contribution in [3.05, 3.63) is 177 Å². The summed E-state index contributed by atoms with van der Waals surface area (Å²) in [5.41, 5.74) is -0.440. The third kappa shape index (κ3) is 10.2. The summed E-state index contributed by atoms with van der Waals surface area (Å²) >= 11 is 0. The molecule has 1 saturated carbocycles. The summed E-state index contributed by atoms with van der Waals surface area (Å²) in [5.74, 6) is -19.2. The first-order valence-corrected chi connectivity index (χ1v) is 18.9. The predicted octanol–water partition coefficient (Wildman–Crippen LogP) is 15.0. The van der Waals surface area contributed by atoms with E-state index >= 15 is 0 Å². The lowest BCUT2D eigenvalue weighted by molar-refractivity contribution is -0.190. The number of aryl methyl sites for hydroxylation is 1. The van der Waals surface area contributed by atoms with Crippen LogP contribution in [-0.2, 0) is 18.6 Å². The second-order valence-electron chi connectivity index (χ2n) is 14.3. The van der Waals surface area contributed by atoms with Crippen molar-refractivity contribution in [2.45, 2.75) is 63.6 Å². The first-order chi connectivity index (χ1) is 29.3. The van der Waals surface area contributed by atoms with Crippen molar-refractivity contribution in [1.29, 1.82) is 0 Å². The van der Waals surface area contributed by atoms with Crippen LogP contribution < -0.4 is 9.47 Å². The van der Waals surface area contributed by atoms with Gasteiger partial charge in [-0.1, -0.05) is 74.7 Å². The molecule has 1 aliphatic rings. The van der Waals surface area contributed by atoms with Gasteiger partial charge in [-0.05, 0) is 82.8 Å². The molecule has 7 rings (SSSR count). The fourth-order valence-electron chi connectivity index (χ4n) is 6.98. The van der Waals surface area contributed by atoms with Crippen LogP contribution in [0.5, 0.6) is 11.5 Å². The van der Waals surface area contributed by atoms with Crippen molar-refractivity contribution in [1.82, 2.24) is 0 Å². The van der Waals surface area contributed by atoms with E-state index in [0.717, 1.165) is 61.8 Å². The Morgan fingerprint density at radius 2 is 0.790 bits per heavy atom. The maximum atomic E-state index is 14.5. The Morgan fingerprint density at radius 1 is 0.452 bits per heavy atom. The zero-order valence-corrected chi connectivity index (χ0v) is 32.2. The molecule has 1 aliphatic carbocycles. The van der Waals surface area contributed by atoms with Gasteiger partial charge in [0.25, 0.3) is 0 Å². The molecule has 6 aromatic rings. The molecule has 0 aromatic heterocycles. The number of alkyl halides is 4. The summed E-state index contributed by atoms with van der Waals surface area (Å²) in [6.45, 7) is 1.99. The number of rotatable bonds is 11. The van der Waals surface area contributed by atoms with Crippen LogP contribution in [0.3, 0.4) is 0 Å². The highest BCUT2D eigenvalue weighted by Crippen LogP contribution is 2.40. The van der Waals surface area contributed by atoms with Gasteiger partial charge in [0.1, 0.15) is 45.9 Å². The van der Waals surface area contributed by atoms with E-state index in [0.29, 0.717) is 29.2 Å². The normalized spacial score (nSPS) is 13.2. The van der Waals surface area contributed by atoms with E-state index in [2.05, 4.69) is 9.47 Å². The van der Waals surface area contributed by atoms with Crippen LogP contribution in [0.15, 0.2) is 97.1 Å². The molecule has 16 heteroatoms. The van der Waals surface area contributed by atoms with E-state index < -0.39 is 93.0 Å². The van der Waals surface area contributed by atoms with Gasteiger partial charge < -0.3 is 9.47 Å². The van der Waals surface area contributed by atoms with E-state index in [1.807, 2.05) is 19.1 Å². The zero-order valence-electron chi connectivity index (χ0n) is 32.2. The molecule has 6 aromatic carbocycles. The Labute approximate surface area is 345 Å². The Bertz CT molecular complexity index is 2460. The van der Waals surface area contributed by atoms with E-state index in [1.54, 1.807) is 36.4 Å². The van der Waals surface area contributed by atoms with Crippen LogP contribution in [0, 0.1) is 58.2 Å². The maximum Gasteiger partial charge on any atom is 0.432 e. The van der Waals surface area contributed by atoms with Gasteiger partial charge in [-0.2, -0.15) is 17.6 Å². The van der Waals surface area contributed by atoms with Gasteiger partial charge in [-0.25, -0.2) is 43.9 Å². The minimum Gasteiger partial charge on any atom is -0.429 e. The Hall–Kier alpha value is -6.06. The van der Waals surface area contributed by atoms with Gasteiger partial charge in [-0.3, -0.25) is 0 Å². The topological polar surface area (TPSA) is 18.5 Å². The molecule has 62 heavy (non-hydrogen) atoms. The van der Waals surface area contributed by atoms with Gasteiger partial charge in [0.05, 0.1) is 0 Å². The van der Waals surface area contributed by atoms with Gasteiger partial charge in [0.15, 0.2) is 34.9 Å². The van der Waals surface area contributed by atoms with Crippen molar-refractivity contribution in [3.63, 3.8) is 0 Å². The van der Waals surface area contributed by atoms with Crippen LogP contribution >= 0.6 is 0 Å². The van der Waals surface area contributed by atoms with Crippen LogP contribution in [-0.4, -0.2) is 0 Å². The third-order valence-corrected chi connectivity index (χ3v) is 9.97. The molecule has 0 atom stereocenters. The van der Waals surface area contributed by atoms with Gasteiger partial charge in [-0.15, -0.1) is 0 Å². The maximum absolute atomic E-state index is 14.5. The zero-order chi connectivity index (χ0) is 45.1. The van der Waals surface area contributed by atoms with E-state index in [4.69, 9.17) is 0 Å².